The number of hydrogen-bond donors (Lipinski definition) is 2. The Hall–Kier alpha value is -0.590. The predicted octanol–water partition coefficient (Wildman–Crippen LogP) is 3.42. The lowest BCUT2D eigenvalue weighted by molar-refractivity contribution is -0.183. The van der Waals surface area contributed by atoms with Gasteiger partial charge in [-0.3, -0.25) is 4.99 Å². The molecule has 0 bridgehead atoms. The number of alkyl halides is 3. The largest absolute Gasteiger partial charge is 0.391 e. The maximum Gasteiger partial charge on any atom is 0.391 e. The minimum atomic E-state index is -4.07. The smallest absolute Gasteiger partial charge is 0.356 e. The SMILES string of the molecule is CN=C(NCC1CCSCC1)NC1CCCC(C(F)(F)F)C1. The molecule has 128 valence electrons. The van der Waals surface area contributed by atoms with E-state index in [2.05, 4.69) is 15.6 Å². The monoisotopic (exact) mass is 337 g/mol. The van der Waals surface area contributed by atoms with Crippen molar-refractivity contribution in [1.82, 2.24) is 10.6 Å². The van der Waals surface area contributed by atoms with E-state index in [1.165, 1.54) is 24.3 Å². The summed E-state index contributed by atoms with van der Waals surface area (Å²) in [6.45, 7) is 0.857. The van der Waals surface area contributed by atoms with Gasteiger partial charge in [-0.25, -0.2) is 0 Å². The molecule has 0 radical (unpaired) electrons. The molecule has 2 aliphatic rings. The zero-order valence-electron chi connectivity index (χ0n) is 13.1. The van der Waals surface area contributed by atoms with Gasteiger partial charge in [-0.05, 0) is 49.5 Å². The summed E-state index contributed by atoms with van der Waals surface area (Å²) in [6.07, 6.45) is 0.156. The lowest BCUT2D eigenvalue weighted by Crippen LogP contribution is -2.47. The molecule has 1 saturated carbocycles. The quantitative estimate of drug-likeness (QED) is 0.612. The Morgan fingerprint density at radius 1 is 1.18 bits per heavy atom. The van der Waals surface area contributed by atoms with E-state index in [4.69, 9.17) is 0 Å². The zero-order chi connectivity index (χ0) is 16.0. The van der Waals surface area contributed by atoms with Crippen LogP contribution in [0, 0.1) is 11.8 Å². The Morgan fingerprint density at radius 2 is 1.91 bits per heavy atom. The first kappa shape index (κ1) is 17.8. The second kappa shape index (κ2) is 8.31. The van der Waals surface area contributed by atoms with Gasteiger partial charge in [0.2, 0.25) is 0 Å². The molecule has 2 unspecified atom stereocenters. The molecular weight excluding hydrogens is 311 g/mol. The summed E-state index contributed by atoms with van der Waals surface area (Å²) in [6, 6.07) is -0.131. The van der Waals surface area contributed by atoms with Gasteiger partial charge in [-0.15, -0.1) is 0 Å². The third-order valence-electron chi connectivity index (χ3n) is 4.60. The van der Waals surface area contributed by atoms with Gasteiger partial charge in [0.05, 0.1) is 5.92 Å². The summed E-state index contributed by atoms with van der Waals surface area (Å²) < 4.78 is 38.5. The summed E-state index contributed by atoms with van der Waals surface area (Å²) in [4.78, 5) is 4.16. The van der Waals surface area contributed by atoms with Gasteiger partial charge in [-0.2, -0.15) is 24.9 Å². The lowest BCUT2D eigenvalue weighted by Gasteiger charge is -2.32. The first-order valence-corrected chi connectivity index (χ1v) is 9.26. The molecule has 1 saturated heterocycles. The Labute approximate surface area is 134 Å². The molecule has 0 aromatic rings. The van der Waals surface area contributed by atoms with Gasteiger partial charge >= 0.3 is 6.18 Å². The van der Waals surface area contributed by atoms with Crippen LogP contribution in [-0.4, -0.2) is 43.3 Å². The molecule has 2 rings (SSSR count). The van der Waals surface area contributed by atoms with Gasteiger partial charge < -0.3 is 10.6 Å². The van der Waals surface area contributed by atoms with Crippen LogP contribution >= 0.6 is 11.8 Å². The average molecular weight is 337 g/mol. The predicted molar refractivity (Wildman–Crippen MR) is 86.3 cm³/mol. The van der Waals surface area contributed by atoms with Crippen molar-refractivity contribution in [3.63, 3.8) is 0 Å². The molecule has 22 heavy (non-hydrogen) atoms. The first-order chi connectivity index (χ1) is 10.5. The Morgan fingerprint density at radius 3 is 2.55 bits per heavy atom. The van der Waals surface area contributed by atoms with Gasteiger partial charge in [0.1, 0.15) is 0 Å². The summed E-state index contributed by atoms with van der Waals surface area (Å²) in [7, 11) is 1.68. The number of thioether (sulfide) groups is 1. The fraction of sp³-hybridized carbons (Fsp3) is 0.933. The van der Waals surface area contributed by atoms with Crippen molar-refractivity contribution in [2.45, 2.75) is 50.7 Å². The highest BCUT2D eigenvalue weighted by atomic mass is 32.2. The number of hydrogen-bond acceptors (Lipinski definition) is 2. The van der Waals surface area contributed by atoms with E-state index in [1.807, 2.05) is 11.8 Å². The second-order valence-electron chi connectivity index (χ2n) is 6.26. The summed E-state index contributed by atoms with van der Waals surface area (Å²) in [5.74, 6) is 2.52. The van der Waals surface area contributed by atoms with Crippen LogP contribution in [0.5, 0.6) is 0 Å². The van der Waals surface area contributed by atoms with E-state index in [1.54, 1.807) is 7.05 Å². The molecule has 0 amide bonds. The van der Waals surface area contributed by atoms with Crippen molar-refractivity contribution >= 4 is 17.7 Å². The number of halogens is 3. The van der Waals surface area contributed by atoms with Crippen molar-refractivity contribution in [1.29, 1.82) is 0 Å². The Kier molecular flexibility index (Phi) is 6.71. The lowest BCUT2D eigenvalue weighted by atomic mass is 9.85. The van der Waals surface area contributed by atoms with E-state index in [0.717, 1.165) is 13.0 Å². The highest BCUT2D eigenvalue weighted by Gasteiger charge is 2.42. The molecule has 1 aliphatic carbocycles. The third-order valence-corrected chi connectivity index (χ3v) is 5.65. The molecule has 2 fully saturated rings. The number of aliphatic imine (C=N–C) groups is 1. The Bertz CT molecular complexity index is 368. The first-order valence-electron chi connectivity index (χ1n) is 8.10. The van der Waals surface area contributed by atoms with E-state index < -0.39 is 12.1 Å². The van der Waals surface area contributed by atoms with Gasteiger partial charge in [-0.1, -0.05) is 6.42 Å². The van der Waals surface area contributed by atoms with Gasteiger partial charge in [0, 0.05) is 19.6 Å². The zero-order valence-corrected chi connectivity index (χ0v) is 13.9. The van der Waals surface area contributed by atoms with Crippen LogP contribution < -0.4 is 10.6 Å². The van der Waals surface area contributed by atoms with Crippen LogP contribution in [0.25, 0.3) is 0 Å². The average Bonchev–Trinajstić information content (AvgIpc) is 2.52. The van der Waals surface area contributed by atoms with Crippen molar-refractivity contribution in [3.8, 4) is 0 Å². The molecule has 3 nitrogen and oxygen atoms in total. The van der Waals surface area contributed by atoms with E-state index >= 15 is 0 Å². The van der Waals surface area contributed by atoms with Crippen molar-refractivity contribution in [2.24, 2.45) is 16.8 Å². The van der Waals surface area contributed by atoms with Crippen LogP contribution in [0.2, 0.25) is 0 Å². The second-order valence-corrected chi connectivity index (χ2v) is 7.48. The third kappa shape index (κ3) is 5.56. The van der Waals surface area contributed by atoms with E-state index in [9.17, 15) is 13.2 Å². The van der Waals surface area contributed by atoms with Crippen LogP contribution in [0.1, 0.15) is 38.5 Å². The maximum absolute atomic E-state index is 12.8. The van der Waals surface area contributed by atoms with Crippen LogP contribution in [0.3, 0.4) is 0 Å². The molecule has 2 atom stereocenters. The summed E-state index contributed by atoms with van der Waals surface area (Å²) in [5.41, 5.74) is 0. The van der Waals surface area contributed by atoms with Gasteiger partial charge in [0.15, 0.2) is 5.96 Å². The minimum Gasteiger partial charge on any atom is -0.356 e. The van der Waals surface area contributed by atoms with E-state index in [0.29, 0.717) is 18.3 Å². The number of nitrogens with one attached hydrogen (secondary N) is 2. The fourth-order valence-electron chi connectivity index (χ4n) is 3.20. The molecular formula is C15H26F3N3S. The normalized spacial score (nSPS) is 28.5. The van der Waals surface area contributed by atoms with Gasteiger partial charge in [0.25, 0.3) is 0 Å². The number of nitrogens with zero attached hydrogens (tertiary/aromatic N) is 1. The summed E-state index contributed by atoms with van der Waals surface area (Å²) in [5, 5.41) is 6.47. The minimum absolute atomic E-state index is 0.131. The highest BCUT2D eigenvalue weighted by molar-refractivity contribution is 7.99. The Balaban J connectivity index is 1.77. The molecule has 1 heterocycles. The highest BCUT2D eigenvalue weighted by Crippen LogP contribution is 2.37. The number of rotatable bonds is 3. The fourth-order valence-corrected chi connectivity index (χ4v) is 4.40. The van der Waals surface area contributed by atoms with Crippen molar-refractivity contribution < 1.29 is 13.2 Å². The number of guanidine groups is 1. The molecule has 1 aliphatic heterocycles. The molecule has 2 N–H and O–H groups in total. The molecule has 0 spiro atoms. The van der Waals surface area contributed by atoms with Crippen molar-refractivity contribution in [2.75, 3.05) is 25.1 Å². The topological polar surface area (TPSA) is 36.4 Å². The molecule has 0 aromatic carbocycles. The summed E-state index contributed by atoms with van der Waals surface area (Å²) >= 11 is 1.99. The molecule has 0 aromatic heterocycles. The maximum atomic E-state index is 12.8. The van der Waals surface area contributed by atoms with E-state index in [-0.39, 0.29) is 18.9 Å². The molecule has 7 heteroatoms. The van der Waals surface area contributed by atoms with Crippen LogP contribution in [0.15, 0.2) is 4.99 Å². The standard InChI is InChI=1S/C15H26F3N3S/c1-19-14(20-10-11-5-7-22-8-6-11)21-13-4-2-3-12(9-13)15(16,17)18/h11-13H,2-10H2,1H3,(H2,19,20,21). The van der Waals surface area contributed by atoms with Crippen LogP contribution in [0.4, 0.5) is 13.2 Å². The van der Waals surface area contributed by atoms with Crippen molar-refractivity contribution in [3.05, 3.63) is 0 Å². The van der Waals surface area contributed by atoms with Crippen LogP contribution in [-0.2, 0) is 0 Å².